The Balaban J connectivity index is 1.94. The molecule has 3 rings (SSSR count). The second kappa shape index (κ2) is 9.47. The number of carbonyl (C=O) groups excluding carboxylic acids is 1. The van der Waals surface area contributed by atoms with Gasteiger partial charge in [-0.05, 0) is 55.3 Å². The molecule has 0 saturated heterocycles. The van der Waals surface area contributed by atoms with Gasteiger partial charge in [0.15, 0.2) is 0 Å². The van der Waals surface area contributed by atoms with E-state index in [9.17, 15) is 23.3 Å². The van der Waals surface area contributed by atoms with Gasteiger partial charge in [0.05, 0.1) is 28.4 Å². The zero-order valence-corrected chi connectivity index (χ0v) is 19.5. The number of carbonyl (C=O) groups is 1. The summed E-state index contributed by atoms with van der Waals surface area (Å²) in [6.07, 6.45) is 0. The topological polar surface area (TPSA) is 128 Å². The minimum absolute atomic E-state index is 0.0192. The van der Waals surface area contributed by atoms with E-state index >= 15 is 0 Å². The molecule has 0 heterocycles. The van der Waals surface area contributed by atoms with E-state index in [0.717, 1.165) is 23.3 Å². The molecule has 0 fully saturated rings. The summed E-state index contributed by atoms with van der Waals surface area (Å²) in [6, 6.07) is 12.7. The monoisotopic (exact) mass is 489 g/mol. The van der Waals surface area contributed by atoms with Crippen molar-refractivity contribution in [2.75, 3.05) is 17.1 Å². The minimum Gasteiger partial charge on any atom is -0.495 e. The fourth-order valence-electron chi connectivity index (χ4n) is 3.01. The van der Waals surface area contributed by atoms with E-state index in [-0.39, 0.29) is 32.6 Å². The van der Waals surface area contributed by atoms with Crippen LogP contribution < -0.4 is 14.8 Å². The molecule has 0 bridgehead atoms. The van der Waals surface area contributed by atoms with Crippen molar-refractivity contribution in [1.29, 1.82) is 0 Å². The maximum Gasteiger partial charge on any atom is 0.271 e. The summed E-state index contributed by atoms with van der Waals surface area (Å²) in [5.41, 5.74) is 1.84. The Bertz CT molecular complexity index is 1360. The van der Waals surface area contributed by atoms with Crippen molar-refractivity contribution in [1.82, 2.24) is 0 Å². The maximum atomic E-state index is 13.0. The average molecular weight is 490 g/mol. The largest absolute Gasteiger partial charge is 0.495 e. The quantitative estimate of drug-likeness (QED) is 0.358. The number of sulfonamides is 1. The highest BCUT2D eigenvalue weighted by Gasteiger charge is 2.22. The van der Waals surface area contributed by atoms with Gasteiger partial charge in [-0.25, -0.2) is 8.42 Å². The Hall–Kier alpha value is -3.63. The van der Waals surface area contributed by atoms with Crippen LogP contribution in [-0.2, 0) is 10.0 Å². The van der Waals surface area contributed by atoms with Crippen LogP contribution in [-0.4, -0.2) is 26.4 Å². The number of nitro benzene ring substituents is 1. The third kappa shape index (κ3) is 5.24. The van der Waals surface area contributed by atoms with Gasteiger partial charge in [-0.1, -0.05) is 23.7 Å². The predicted molar refractivity (Wildman–Crippen MR) is 126 cm³/mol. The number of nitrogens with one attached hydrogen (secondary N) is 2. The highest BCUT2D eigenvalue weighted by molar-refractivity contribution is 7.92. The number of halogens is 1. The second-order valence-electron chi connectivity index (χ2n) is 7.09. The van der Waals surface area contributed by atoms with Gasteiger partial charge >= 0.3 is 0 Å². The van der Waals surface area contributed by atoms with Crippen LogP contribution in [0.1, 0.15) is 21.5 Å². The lowest BCUT2D eigenvalue weighted by Gasteiger charge is -2.14. The zero-order chi connectivity index (χ0) is 24.3. The van der Waals surface area contributed by atoms with Crippen molar-refractivity contribution in [2.24, 2.45) is 0 Å². The first kappa shape index (κ1) is 24.0. The van der Waals surface area contributed by atoms with Gasteiger partial charge in [0, 0.05) is 17.7 Å². The van der Waals surface area contributed by atoms with Crippen molar-refractivity contribution in [3.8, 4) is 5.75 Å². The summed E-state index contributed by atoms with van der Waals surface area (Å²) in [7, 11) is -2.77. The summed E-state index contributed by atoms with van der Waals surface area (Å²) in [6.45, 7) is 3.64. The normalized spacial score (nSPS) is 11.0. The Kier molecular flexibility index (Phi) is 6.89. The first-order valence-electron chi connectivity index (χ1n) is 9.56. The highest BCUT2D eigenvalue weighted by atomic mass is 35.5. The fraction of sp³-hybridized carbons (Fsp3) is 0.136. The Labute approximate surface area is 195 Å². The van der Waals surface area contributed by atoms with E-state index in [1.165, 1.54) is 31.4 Å². The first-order valence-corrected chi connectivity index (χ1v) is 11.4. The van der Waals surface area contributed by atoms with Gasteiger partial charge in [0.2, 0.25) is 0 Å². The molecule has 0 spiro atoms. The summed E-state index contributed by atoms with van der Waals surface area (Å²) in [5.74, 6) is -0.499. The van der Waals surface area contributed by atoms with Crippen LogP contribution in [0.5, 0.6) is 5.75 Å². The van der Waals surface area contributed by atoms with Gasteiger partial charge in [0.25, 0.3) is 21.6 Å². The summed E-state index contributed by atoms with van der Waals surface area (Å²) >= 11 is 6.14. The van der Waals surface area contributed by atoms with E-state index in [0.29, 0.717) is 5.69 Å². The van der Waals surface area contributed by atoms with Crippen molar-refractivity contribution in [2.45, 2.75) is 18.7 Å². The number of hydrogen-bond donors (Lipinski definition) is 2. The molecule has 0 aliphatic carbocycles. The summed E-state index contributed by atoms with van der Waals surface area (Å²) in [5, 5.41) is 13.5. The molecule has 2 N–H and O–H groups in total. The Morgan fingerprint density at radius 2 is 1.79 bits per heavy atom. The maximum absolute atomic E-state index is 13.0. The van der Waals surface area contributed by atoms with Crippen molar-refractivity contribution in [3.63, 3.8) is 0 Å². The standard InChI is InChI=1S/C22H20ClN3O6S/c1-13-5-4-6-18(14(13)2)25-33(30,31)21-11-15(7-9-17(21)23)22(27)24-19-12-16(26(28)29)8-10-20(19)32-3/h4-12,25H,1-3H3,(H,24,27). The molecular weight excluding hydrogens is 470 g/mol. The number of non-ortho nitro benzene ring substituents is 1. The van der Waals surface area contributed by atoms with Crippen molar-refractivity contribution >= 4 is 44.6 Å². The lowest BCUT2D eigenvalue weighted by atomic mass is 10.1. The molecule has 0 saturated carbocycles. The van der Waals surface area contributed by atoms with Crippen LogP contribution in [0.15, 0.2) is 59.5 Å². The van der Waals surface area contributed by atoms with Crippen LogP contribution in [0.4, 0.5) is 17.1 Å². The number of hydrogen-bond acceptors (Lipinski definition) is 6. The SMILES string of the molecule is COc1ccc([N+](=O)[O-])cc1NC(=O)c1ccc(Cl)c(S(=O)(=O)Nc2cccc(C)c2C)c1. The molecule has 3 aromatic carbocycles. The van der Waals surface area contributed by atoms with Crippen molar-refractivity contribution in [3.05, 3.63) is 86.4 Å². The molecule has 1 amide bonds. The molecule has 3 aromatic rings. The number of anilines is 2. The lowest BCUT2D eigenvalue weighted by Crippen LogP contribution is -2.17. The number of nitro groups is 1. The Morgan fingerprint density at radius 1 is 1.06 bits per heavy atom. The van der Waals surface area contributed by atoms with E-state index in [1.54, 1.807) is 19.1 Å². The van der Waals surface area contributed by atoms with Crippen LogP contribution in [0.2, 0.25) is 5.02 Å². The predicted octanol–water partition coefficient (Wildman–Crippen LogP) is 4.93. The molecular formula is C22H20ClN3O6S. The molecule has 172 valence electrons. The first-order chi connectivity index (χ1) is 15.5. The molecule has 9 nitrogen and oxygen atoms in total. The highest BCUT2D eigenvalue weighted by Crippen LogP contribution is 2.31. The fourth-order valence-corrected chi connectivity index (χ4v) is 4.66. The minimum atomic E-state index is -4.12. The number of benzene rings is 3. The van der Waals surface area contributed by atoms with Crippen LogP contribution in [0, 0.1) is 24.0 Å². The van der Waals surface area contributed by atoms with Gasteiger partial charge in [-0.3, -0.25) is 19.6 Å². The second-order valence-corrected chi connectivity index (χ2v) is 9.15. The summed E-state index contributed by atoms with van der Waals surface area (Å²) in [4.78, 5) is 23.0. The molecule has 0 aromatic heterocycles. The van der Waals surface area contributed by atoms with Gasteiger partial charge < -0.3 is 10.1 Å². The number of rotatable bonds is 7. The van der Waals surface area contributed by atoms with E-state index in [2.05, 4.69) is 10.0 Å². The van der Waals surface area contributed by atoms with Crippen LogP contribution >= 0.6 is 11.6 Å². The number of methoxy groups -OCH3 is 1. The van der Waals surface area contributed by atoms with Gasteiger partial charge in [0.1, 0.15) is 10.6 Å². The van der Waals surface area contributed by atoms with Gasteiger partial charge in [-0.2, -0.15) is 0 Å². The molecule has 0 aliphatic rings. The number of amides is 1. The summed E-state index contributed by atoms with van der Waals surface area (Å²) < 4.78 is 33.7. The molecule has 11 heteroatoms. The van der Waals surface area contributed by atoms with E-state index in [1.807, 2.05) is 13.0 Å². The molecule has 0 unspecified atom stereocenters. The molecule has 0 aliphatic heterocycles. The molecule has 0 atom stereocenters. The van der Waals surface area contributed by atoms with E-state index < -0.39 is 20.9 Å². The Morgan fingerprint density at radius 3 is 2.45 bits per heavy atom. The molecule has 33 heavy (non-hydrogen) atoms. The van der Waals surface area contributed by atoms with Crippen molar-refractivity contribution < 1.29 is 22.9 Å². The number of aryl methyl sites for hydroxylation is 1. The number of nitrogens with zero attached hydrogens (tertiary/aromatic N) is 1. The van der Waals surface area contributed by atoms with E-state index in [4.69, 9.17) is 16.3 Å². The lowest BCUT2D eigenvalue weighted by molar-refractivity contribution is -0.384. The third-order valence-corrected chi connectivity index (χ3v) is 6.82. The number of ether oxygens (including phenoxy) is 1. The van der Waals surface area contributed by atoms with Gasteiger partial charge in [-0.15, -0.1) is 0 Å². The zero-order valence-electron chi connectivity index (χ0n) is 17.9. The molecule has 0 radical (unpaired) electrons. The third-order valence-electron chi connectivity index (χ3n) is 4.97. The average Bonchev–Trinajstić information content (AvgIpc) is 2.76. The van der Waals surface area contributed by atoms with Crippen LogP contribution in [0.25, 0.3) is 0 Å². The van der Waals surface area contributed by atoms with Crippen LogP contribution in [0.3, 0.4) is 0 Å². The smallest absolute Gasteiger partial charge is 0.271 e.